The maximum atomic E-state index is 11.2. The average Bonchev–Trinajstić information content (AvgIpc) is 2.85. The van der Waals surface area contributed by atoms with Crippen LogP contribution >= 0.6 is 0 Å². The highest BCUT2D eigenvalue weighted by Crippen LogP contribution is 2.38. The molecule has 2 aromatic carbocycles. The number of nitrogens with zero attached hydrogens (tertiary/aromatic N) is 1. The third-order valence-electron chi connectivity index (χ3n) is 5.72. The van der Waals surface area contributed by atoms with E-state index in [1.807, 2.05) is 0 Å². The summed E-state index contributed by atoms with van der Waals surface area (Å²) < 4.78 is 0. The Morgan fingerprint density at radius 3 is 2.00 bits per heavy atom. The number of Topliss-reactive ketones (excluding diaryl/α,β-unsaturated/α-hetero) is 1. The molecule has 2 aromatic rings. The maximum Gasteiger partial charge on any atom is 0.129 e. The zero-order chi connectivity index (χ0) is 18.6. The first-order valence-electron chi connectivity index (χ1n) is 10.0. The molecule has 0 spiro atoms. The quantitative estimate of drug-likeness (QED) is 0.620. The van der Waals surface area contributed by atoms with Crippen molar-refractivity contribution in [1.82, 2.24) is 4.90 Å². The summed E-state index contributed by atoms with van der Waals surface area (Å²) in [6.07, 6.45) is 8.40. The van der Waals surface area contributed by atoms with E-state index in [0.717, 1.165) is 38.9 Å². The fourth-order valence-corrected chi connectivity index (χ4v) is 4.29. The lowest BCUT2D eigenvalue weighted by Gasteiger charge is -2.30. The van der Waals surface area contributed by atoms with Crippen molar-refractivity contribution in [3.05, 3.63) is 76.4 Å². The van der Waals surface area contributed by atoms with Gasteiger partial charge in [0.1, 0.15) is 5.78 Å². The van der Waals surface area contributed by atoms with Crippen LogP contribution < -0.4 is 0 Å². The second-order valence-corrected chi connectivity index (χ2v) is 7.63. The van der Waals surface area contributed by atoms with Crippen LogP contribution in [0.5, 0.6) is 0 Å². The van der Waals surface area contributed by atoms with E-state index in [-0.39, 0.29) is 0 Å². The lowest BCUT2D eigenvalue weighted by atomic mass is 9.86. The highest BCUT2D eigenvalue weighted by atomic mass is 16.1. The van der Waals surface area contributed by atoms with Crippen molar-refractivity contribution in [3.63, 3.8) is 0 Å². The molecule has 2 heteroatoms. The maximum absolute atomic E-state index is 11.2. The molecule has 0 radical (unpaired) electrons. The smallest absolute Gasteiger partial charge is 0.129 e. The highest BCUT2D eigenvalue weighted by molar-refractivity contribution is 5.94. The molecule has 1 saturated heterocycles. The van der Waals surface area contributed by atoms with Crippen molar-refractivity contribution >= 4 is 23.5 Å². The first-order chi connectivity index (χ1) is 13.2. The van der Waals surface area contributed by atoms with Gasteiger partial charge in [-0.25, -0.2) is 0 Å². The van der Waals surface area contributed by atoms with Crippen LogP contribution in [0.3, 0.4) is 0 Å². The number of likely N-dealkylation sites (tertiary alicyclic amines) is 1. The van der Waals surface area contributed by atoms with E-state index in [2.05, 4.69) is 65.6 Å². The molecule has 0 aromatic heterocycles. The Kier molecular flexibility index (Phi) is 5.35. The Morgan fingerprint density at radius 1 is 0.889 bits per heavy atom. The van der Waals surface area contributed by atoms with Gasteiger partial charge in [-0.05, 0) is 60.6 Å². The Morgan fingerprint density at radius 2 is 1.44 bits per heavy atom. The van der Waals surface area contributed by atoms with Crippen LogP contribution in [0.1, 0.15) is 54.9 Å². The summed E-state index contributed by atoms with van der Waals surface area (Å²) in [4.78, 5) is 13.7. The summed E-state index contributed by atoms with van der Waals surface area (Å²) in [7, 11) is 0. The molecule has 1 aliphatic heterocycles. The van der Waals surface area contributed by atoms with Gasteiger partial charge in [0.05, 0.1) is 0 Å². The molecule has 0 atom stereocenters. The minimum absolute atomic E-state index is 0.300. The predicted octanol–water partition coefficient (Wildman–Crippen LogP) is 5.44. The van der Waals surface area contributed by atoms with Gasteiger partial charge in [-0.2, -0.15) is 0 Å². The molecule has 1 aliphatic carbocycles. The van der Waals surface area contributed by atoms with Crippen LogP contribution in [0.25, 0.3) is 17.7 Å². The number of carbonyl (C=O) groups excluding carboxylic acids is 1. The van der Waals surface area contributed by atoms with Gasteiger partial charge in [0.2, 0.25) is 0 Å². The molecule has 27 heavy (non-hydrogen) atoms. The molecule has 0 saturated carbocycles. The van der Waals surface area contributed by atoms with Crippen LogP contribution in [0.15, 0.2) is 54.1 Å². The van der Waals surface area contributed by atoms with E-state index in [1.54, 1.807) is 12.5 Å². The fourth-order valence-electron chi connectivity index (χ4n) is 4.29. The number of ketones is 1. The second-order valence-electron chi connectivity index (χ2n) is 7.63. The lowest BCUT2D eigenvalue weighted by Crippen LogP contribution is -2.32. The minimum atomic E-state index is 0.300. The second kappa shape index (κ2) is 8.06. The van der Waals surface area contributed by atoms with Crippen molar-refractivity contribution in [2.45, 2.75) is 32.6 Å². The van der Waals surface area contributed by atoms with E-state index in [9.17, 15) is 4.79 Å². The summed E-state index contributed by atoms with van der Waals surface area (Å²) >= 11 is 0. The first-order valence-corrected chi connectivity index (χ1v) is 10.0. The van der Waals surface area contributed by atoms with Crippen molar-refractivity contribution in [2.24, 2.45) is 0 Å². The molecular weight excluding hydrogens is 330 g/mol. The summed E-state index contributed by atoms with van der Waals surface area (Å²) in [6.45, 7) is 4.91. The van der Waals surface area contributed by atoms with E-state index in [1.165, 1.54) is 27.8 Å². The zero-order valence-corrected chi connectivity index (χ0v) is 16.1. The molecule has 2 aliphatic rings. The van der Waals surface area contributed by atoms with Gasteiger partial charge in [-0.1, -0.05) is 66.3 Å². The molecule has 2 nitrogen and oxygen atoms in total. The van der Waals surface area contributed by atoms with Crippen LogP contribution in [0, 0.1) is 0 Å². The van der Waals surface area contributed by atoms with Gasteiger partial charge in [0.15, 0.2) is 0 Å². The topological polar surface area (TPSA) is 20.3 Å². The van der Waals surface area contributed by atoms with E-state index < -0.39 is 0 Å². The molecule has 4 rings (SSSR count). The average molecular weight is 357 g/mol. The number of hydrogen-bond donors (Lipinski definition) is 0. The Hall–Kier alpha value is -2.45. The summed E-state index contributed by atoms with van der Waals surface area (Å²) in [5, 5.41) is 0. The van der Waals surface area contributed by atoms with Crippen LogP contribution in [-0.2, 0) is 4.79 Å². The van der Waals surface area contributed by atoms with Crippen molar-refractivity contribution in [2.75, 3.05) is 19.6 Å². The molecule has 1 heterocycles. The third-order valence-corrected chi connectivity index (χ3v) is 5.72. The summed E-state index contributed by atoms with van der Waals surface area (Å²) in [6, 6.07) is 17.5. The van der Waals surface area contributed by atoms with Crippen molar-refractivity contribution in [3.8, 4) is 0 Å². The molecule has 0 N–H and O–H groups in total. The fraction of sp³-hybridized carbons (Fsp3) is 0.320. The Labute approximate surface area is 162 Å². The number of piperidine rings is 1. The molecule has 0 unspecified atom stereocenters. The minimum Gasteiger partial charge on any atom is -0.303 e. The number of fused-ring (bicyclic) bond motifs is 2. The summed E-state index contributed by atoms with van der Waals surface area (Å²) in [5.41, 5.74) is 8.34. The molecule has 0 amide bonds. The molecule has 0 bridgehead atoms. The summed E-state index contributed by atoms with van der Waals surface area (Å²) in [5.74, 6) is 0.300. The van der Waals surface area contributed by atoms with Gasteiger partial charge in [0.25, 0.3) is 0 Å². The standard InChI is InChI=1S/C25H27NO/c1-19(27)7-6-16-26-17-14-22(15-18-26)25-23-10-4-2-8-20(23)12-13-21-9-3-5-11-24(21)25/h2-5,8-13H,6-7,14-18H2,1H3. The normalized spacial score (nSPS) is 16.6. The van der Waals surface area contributed by atoms with Crippen molar-refractivity contribution in [1.29, 1.82) is 0 Å². The Balaban J connectivity index is 1.63. The number of rotatable bonds is 4. The zero-order valence-electron chi connectivity index (χ0n) is 16.1. The van der Waals surface area contributed by atoms with E-state index in [4.69, 9.17) is 0 Å². The van der Waals surface area contributed by atoms with Gasteiger partial charge in [-0.15, -0.1) is 0 Å². The van der Waals surface area contributed by atoms with E-state index in [0.29, 0.717) is 12.2 Å². The highest BCUT2D eigenvalue weighted by Gasteiger charge is 2.22. The molecule has 1 fully saturated rings. The van der Waals surface area contributed by atoms with Crippen LogP contribution in [0.2, 0.25) is 0 Å². The monoisotopic (exact) mass is 357 g/mol. The predicted molar refractivity (Wildman–Crippen MR) is 113 cm³/mol. The molecule has 138 valence electrons. The van der Waals surface area contributed by atoms with E-state index >= 15 is 0 Å². The van der Waals surface area contributed by atoms with Gasteiger partial charge in [0, 0.05) is 19.5 Å². The largest absolute Gasteiger partial charge is 0.303 e. The van der Waals surface area contributed by atoms with Crippen LogP contribution in [-0.4, -0.2) is 30.3 Å². The molecular formula is C25H27NO. The van der Waals surface area contributed by atoms with Gasteiger partial charge >= 0.3 is 0 Å². The lowest BCUT2D eigenvalue weighted by molar-refractivity contribution is -0.117. The SMILES string of the molecule is CC(=O)CCCN1CCC(=C2c3ccccc3C=Cc3ccccc32)CC1. The Bertz CT molecular complexity index is 845. The first kappa shape index (κ1) is 17.9. The number of carbonyl (C=O) groups is 1. The number of benzene rings is 2. The van der Waals surface area contributed by atoms with Crippen LogP contribution in [0.4, 0.5) is 0 Å². The van der Waals surface area contributed by atoms with Gasteiger partial charge < -0.3 is 9.69 Å². The number of hydrogen-bond acceptors (Lipinski definition) is 2. The third kappa shape index (κ3) is 3.96. The van der Waals surface area contributed by atoms with Gasteiger partial charge in [-0.3, -0.25) is 0 Å². The van der Waals surface area contributed by atoms with Crippen molar-refractivity contribution < 1.29 is 4.79 Å².